The first-order valence-corrected chi connectivity index (χ1v) is 11.9. The van der Waals surface area contributed by atoms with E-state index in [0.717, 1.165) is 11.3 Å². The number of aromatic carboxylic acids is 1. The molecule has 1 atom stereocenters. The monoisotopic (exact) mass is 473 g/mol. The van der Waals surface area contributed by atoms with Gasteiger partial charge >= 0.3 is 13.5 Å². The van der Waals surface area contributed by atoms with Gasteiger partial charge in [0.05, 0.1) is 27.5 Å². The van der Waals surface area contributed by atoms with Crippen molar-refractivity contribution < 1.29 is 19.0 Å². The minimum absolute atomic E-state index is 0.0238. The van der Waals surface area contributed by atoms with Crippen molar-refractivity contribution in [2.45, 2.75) is 27.7 Å². The molecule has 0 fully saturated rings. The maximum absolute atomic E-state index is 13.9. The molecule has 0 aliphatic carbocycles. The summed E-state index contributed by atoms with van der Waals surface area (Å²) >= 11 is 13.3. The molecule has 0 saturated heterocycles. The first kappa shape index (κ1) is 23.8. The van der Waals surface area contributed by atoms with Gasteiger partial charge in [-0.3, -0.25) is 9.24 Å². The molecule has 2 rings (SSSR count). The fourth-order valence-corrected chi connectivity index (χ4v) is 6.13. The summed E-state index contributed by atoms with van der Waals surface area (Å²) in [6.07, 6.45) is 0. The van der Waals surface area contributed by atoms with Crippen LogP contribution in [0.25, 0.3) is 0 Å². The zero-order chi connectivity index (χ0) is 22.0. The summed E-state index contributed by atoms with van der Waals surface area (Å²) in [6.45, 7) is 7.74. The fourth-order valence-electron chi connectivity index (χ4n) is 2.43. The summed E-state index contributed by atoms with van der Waals surface area (Å²) in [4.78, 5) is 12.4. The summed E-state index contributed by atoms with van der Waals surface area (Å²) in [7, 11) is -2.18. The van der Waals surface area contributed by atoms with Gasteiger partial charge in [0.25, 0.3) is 0 Å². The fraction of sp³-hybridized carbons (Fsp3) is 0.350. The van der Waals surface area contributed by atoms with E-state index in [9.17, 15) is 14.5 Å². The van der Waals surface area contributed by atoms with E-state index >= 15 is 0 Å². The van der Waals surface area contributed by atoms with Gasteiger partial charge in [0.1, 0.15) is 4.88 Å². The predicted molar refractivity (Wildman–Crippen MR) is 121 cm³/mol. The highest BCUT2D eigenvalue weighted by molar-refractivity contribution is 7.68. The number of anilines is 1. The normalized spacial score (nSPS) is 13.3. The number of carboxylic acids is 1. The van der Waals surface area contributed by atoms with Crippen LogP contribution in [-0.2, 0) is 9.09 Å². The van der Waals surface area contributed by atoms with Crippen LogP contribution in [0.3, 0.4) is 0 Å². The van der Waals surface area contributed by atoms with Gasteiger partial charge in [-0.05, 0) is 52.0 Å². The average Bonchev–Trinajstić information content (AvgIpc) is 3.03. The predicted octanol–water partition coefficient (Wildman–Crippen LogP) is 6.14. The number of carbonyl (C=O) groups is 1. The second-order valence-corrected chi connectivity index (χ2v) is 11.5. The molecule has 0 radical (unpaired) electrons. The van der Waals surface area contributed by atoms with Crippen LogP contribution in [0.15, 0.2) is 24.3 Å². The van der Waals surface area contributed by atoms with Crippen LogP contribution in [0.2, 0.25) is 10.0 Å². The lowest BCUT2D eigenvalue weighted by Gasteiger charge is -2.29. The van der Waals surface area contributed by atoms with E-state index in [0.29, 0.717) is 9.90 Å². The van der Waals surface area contributed by atoms with E-state index in [1.807, 2.05) is 20.8 Å². The van der Waals surface area contributed by atoms with E-state index in [1.165, 1.54) is 23.9 Å². The minimum atomic E-state index is -3.71. The molecule has 1 heterocycles. The molecule has 0 aliphatic rings. The van der Waals surface area contributed by atoms with Gasteiger partial charge in [0, 0.05) is 17.5 Å². The summed E-state index contributed by atoms with van der Waals surface area (Å²) in [6, 6.07) is 6.19. The van der Waals surface area contributed by atoms with Gasteiger partial charge in [-0.15, -0.1) is 11.3 Å². The van der Waals surface area contributed by atoms with Gasteiger partial charge in [0.15, 0.2) is 0 Å². The summed E-state index contributed by atoms with van der Waals surface area (Å²) < 4.78 is 20.9. The highest BCUT2D eigenvalue weighted by Gasteiger charge is 2.36. The maximum atomic E-state index is 13.9. The van der Waals surface area contributed by atoms with Crippen LogP contribution < -0.4 is 9.97 Å². The Kier molecular flexibility index (Phi) is 7.48. The summed E-state index contributed by atoms with van der Waals surface area (Å²) in [5.74, 6) is 4.95. The first-order valence-electron chi connectivity index (χ1n) is 8.73. The third kappa shape index (κ3) is 5.57. The SMILES string of the molecule is CCOP(=O)(c1ccc(Cl)cc1Cl)N(C)c1cc(C#CC(C)(C)C)sc1C(=O)O. The lowest BCUT2D eigenvalue weighted by Crippen LogP contribution is -2.25. The molecule has 156 valence electrons. The van der Waals surface area contributed by atoms with Crippen molar-refractivity contribution in [3.63, 3.8) is 0 Å². The molecular formula is C20H22Cl2NO4PS. The maximum Gasteiger partial charge on any atom is 0.348 e. The zero-order valence-corrected chi connectivity index (χ0v) is 20.0. The molecule has 29 heavy (non-hydrogen) atoms. The van der Waals surface area contributed by atoms with Crippen molar-refractivity contribution >= 4 is 59.0 Å². The van der Waals surface area contributed by atoms with Gasteiger partial charge in [-0.1, -0.05) is 35.0 Å². The van der Waals surface area contributed by atoms with Crippen LogP contribution in [0.1, 0.15) is 42.2 Å². The second kappa shape index (κ2) is 9.12. The van der Waals surface area contributed by atoms with Crippen molar-refractivity contribution in [2.24, 2.45) is 5.41 Å². The molecule has 1 aromatic heterocycles. The topological polar surface area (TPSA) is 66.8 Å². The Morgan fingerprint density at radius 2 is 1.97 bits per heavy atom. The lowest BCUT2D eigenvalue weighted by molar-refractivity contribution is 0.0703. The van der Waals surface area contributed by atoms with Crippen LogP contribution in [0.4, 0.5) is 5.69 Å². The Morgan fingerprint density at radius 1 is 1.31 bits per heavy atom. The number of thiophene rings is 1. The Labute approximate surface area is 185 Å². The number of halogens is 2. The summed E-state index contributed by atoms with van der Waals surface area (Å²) in [5, 5.41) is 10.5. The van der Waals surface area contributed by atoms with Crippen LogP contribution >= 0.6 is 42.1 Å². The molecule has 5 nitrogen and oxygen atoms in total. The Balaban J connectivity index is 2.63. The molecule has 0 spiro atoms. The van der Waals surface area contributed by atoms with Crippen LogP contribution in [0, 0.1) is 17.3 Å². The largest absolute Gasteiger partial charge is 0.477 e. The van der Waals surface area contributed by atoms with E-state index in [4.69, 9.17) is 27.7 Å². The third-order valence-electron chi connectivity index (χ3n) is 3.73. The molecule has 0 saturated carbocycles. The van der Waals surface area contributed by atoms with Crippen molar-refractivity contribution in [3.05, 3.63) is 44.1 Å². The minimum Gasteiger partial charge on any atom is -0.477 e. The summed E-state index contributed by atoms with van der Waals surface area (Å²) in [5.41, 5.74) is 0.0141. The molecule has 2 aromatic rings. The lowest BCUT2D eigenvalue weighted by atomic mass is 9.98. The van der Waals surface area contributed by atoms with Crippen molar-refractivity contribution in [1.29, 1.82) is 0 Å². The van der Waals surface area contributed by atoms with E-state index in [1.54, 1.807) is 19.1 Å². The molecule has 1 unspecified atom stereocenters. The molecule has 0 aliphatic heterocycles. The number of rotatable bonds is 6. The molecule has 1 N–H and O–H groups in total. The quantitative estimate of drug-likeness (QED) is 0.402. The van der Waals surface area contributed by atoms with Crippen LogP contribution in [-0.4, -0.2) is 24.7 Å². The zero-order valence-electron chi connectivity index (χ0n) is 16.7. The third-order valence-corrected chi connectivity index (χ3v) is 8.05. The second-order valence-electron chi connectivity index (χ2n) is 7.19. The molecule has 9 heteroatoms. The van der Waals surface area contributed by atoms with Crippen molar-refractivity contribution in [3.8, 4) is 11.8 Å². The van der Waals surface area contributed by atoms with Crippen molar-refractivity contribution in [2.75, 3.05) is 18.3 Å². The van der Waals surface area contributed by atoms with Gasteiger partial charge in [-0.25, -0.2) is 4.79 Å². The highest BCUT2D eigenvalue weighted by Crippen LogP contribution is 2.54. The standard InChI is InChI=1S/C20H22Cl2NO4PS/c1-6-27-28(26,17-8-7-13(21)11-15(17)22)23(5)16-12-14(9-10-20(2,3)4)29-18(16)19(24)25/h7-8,11-12H,6H2,1-5H3,(H,24,25). The number of hydrogen-bond acceptors (Lipinski definition) is 4. The highest BCUT2D eigenvalue weighted by atomic mass is 35.5. The number of nitrogens with zero attached hydrogens (tertiary/aromatic N) is 1. The molecule has 1 aromatic carbocycles. The van der Waals surface area contributed by atoms with Crippen LogP contribution in [0.5, 0.6) is 0 Å². The van der Waals surface area contributed by atoms with E-state index < -0.39 is 13.5 Å². The Hall–Kier alpha value is -1.48. The molecular weight excluding hydrogens is 452 g/mol. The van der Waals surface area contributed by atoms with Gasteiger partial charge < -0.3 is 9.63 Å². The van der Waals surface area contributed by atoms with Crippen molar-refractivity contribution in [1.82, 2.24) is 0 Å². The number of hydrogen-bond donors (Lipinski definition) is 1. The van der Waals surface area contributed by atoms with E-state index in [-0.39, 0.29) is 32.9 Å². The van der Waals surface area contributed by atoms with Gasteiger partial charge in [0.2, 0.25) is 0 Å². The average molecular weight is 474 g/mol. The number of benzene rings is 1. The number of carboxylic acid groups (broad SMARTS) is 1. The van der Waals surface area contributed by atoms with E-state index in [2.05, 4.69) is 11.8 Å². The molecule has 0 amide bonds. The first-order chi connectivity index (χ1) is 13.4. The Morgan fingerprint density at radius 3 is 2.48 bits per heavy atom. The van der Waals surface area contributed by atoms with Gasteiger partial charge in [-0.2, -0.15) is 0 Å². The molecule has 0 bridgehead atoms. The Bertz CT molecular complexity index is 1030. The smallest absolute Gasteiger partial charge is 0.348 e.